The smallest absolute Gasteiger partial charge is 0.258 e. The molecular weight excluding hydrogens is 578 g/mol. The number of aromatic nitrogens is 1. The Kier molecular flexibility index (Phi) is 8.48. The maximum absolute atomic E-state index is 13.5. The van der Waals surface area contributed by atoms with Gasteiger partial charge in [-0.25, -0.2) is 4.98 Å². The average molecular weight is 616 g/mol. The van der Waals surface area contributed by atoms with Gasteiger partial charge in [-0.2, -0.15) is 0 Å². The summed E-state index contributed by atoms with van der Waals surface area (Å²) in [5, 5.41) is 5.98. The molecule has 1 aromatic heterocycles. The van der Waals surface area contributed by atoms with Crippen LogP contribution in [0.4, 0.5) is 0 Å². The van der Waals surface area contributed by atoms with E-state index in [0.717, 1.165) is 11.1 Å². The Hall–Kier alpha value is -4.84. The van der Waals surface area contributed by atoms with Crippen LogP contribution in [0.1, 0.15) is 51.4 Å². The number of amides is 3. The van der Waals surface area contributed by atoms with Crippen molar-refractivity contribution < 1.29 is 33.3 Å². The molecule has 45 heavy (non-hydrogen) atoms. The summed E-state index contributed by atoms with van der Waals surface area (Å²) in [6.07, 6.45) is -0.379. The van der Waals surface area contributed by atoms with Gasteiger partial charge in [0.05, 0.1) is 38.1 Å². The first-order valence-electron chi connectivity index (χ1n) is 15.0. The molecule has 1 saturated heterocycles. The Morgan fingerprint density at radius 1 is 1.02 bits per heavy atom. The van der Waals surface area contributed by atoms with Crippen LogP contribution in [0.25, 0.3) is 0 Å². The van der Waals surface area contributed by atoms with Gasteiger partial charge in [0.15, 0.2) is 18.1 Å². The number of fused-ring (bicyclic) bond motifs is 8. The largest absolute Gasteiger partial charge is 0.493 e. The summed E-state index contributed by atoms with van der Waals surface area (Å²) in [4.78, 5) is 47.7. The highest BCUT2D eigenvalue weighted by atomic mass is 16.5. The number of methoxy groups -OCH3 is 2. The van der Waals surface area contributed by atoms with E-state index < -0.39 is 0 Å². The summed E-state index contributed by atoms with van der Waals surface area (Å²) in [6.45, 7) is 5.97. The molecule has 0 spiro atoms. The van der Waals surface area contributed by atoms with Gasteiger partial charge in [-0.1, -0.05) is 12.1 Å². The molecule has 4 bridgehead atoms. The van der Waals surface area contributed by atoms with Crippen molar-refractivity contribution >= 4 is 17.7 Å². The molecule has 5 heterocycles. The molecule has 12 nitrogen and oxygen atoms in total. The Bertz CT molecular complexity index is 1610. The minimum absolute atomic E-state index is 0.0327. The lowest BCUT2D eigenvalue weighted by Gasteiger charge is -2.21. The van der Waals surface area contributed by atoms with Gasteiger partial charge in [0.2, 0.25) is 5.88 Å². The normalized spacial score (nSPS) is 20.1. The number of hydrogen-bond donors (Lipinski definition) is 2. The zero-order valence-electron chi connectivity index (χ0n) is 25.8. The lowest BCUT2D eigenvalue weighted by molar-refractivity contribution is -0.123. The zero-order valence-corrected chi connectivity index (χ0v) is 25.8. The second kappa shape index (κ2) is 12.6. The van der Waals surface area contributed by atoms with Crippen molar-refractivity contribution in [2.24, 2.45) is 0 Å². The third-order valence-electron chi connectivity index (χ3n) is 8.31. The molecule has 4 aliphatic rings. The van der Waals surface area contributed by atoms with Gasteiger partial charge >= 0.3 is 0 Å². The Labute approximate surface area is 261 Å². The summed E-state index contributed by atoms with van der Waals surface area (Å²) < 4.78 is 23.2. The third-order valence-corrected chi connectivity index (χ3v) is 8.31. The van der Waals surface area contributed by atoms with Crippen LogP contribution < -0.4 is 29.6 Å². The molecule has 3 aromatic rings. The maximum atomic E-state index is 13.5. The van der Waals surface area contributed by atoms with E-state index in [1.165, 1.54) is 7.11 Å². The number of nitrogens with zero attached hydrogens (tertiary/aromatic N) is 3. The average Bonchev–Trinajstić information content (AvgIpc) is 3.57. The number of likely N-dealkylation sites (tertiary alicyclic amines) is 1. The van der Waals surface area contributed by atoms with Gasteiger partial charge < -0.3 is 34.5 Å². The van der Waals surface area contributed by atoms with Crippen LogP contribution in [-0.4, -0.2) is 84.6 Å². The molecule has 2 aromatic carbocycles. The zero-order chi connectivity index (χ0) is 31.7. The Morgan fingerprint density at radius 2 is 1.82 bits per heavy atom. The minimum atomic E-state index is -0.379. The number of carbonyl (C=O) groups is 3. The second-order valence-corrected chi connectivity index (χ2v) is 11.7. The molecule has 0 saturated carbocycles. The van der Waals surface area contributed by atoms with Crippen molar-refractivity contribution in [1.82, 2.24) is 25.4 Å². The molecule has 0 radical (unpaired) electrons. The highest BCUT2D eigenvalue weighted by Gasteiger charge is 2.37. The minimum Gasteiger partial charge on any atom is -0.493 e. The number of carbonyl (C=O) groups excluding carboxylic acids is 3. The summed E-state index contributed by atoms with van der Waals surface area (Å²) in [5.74, 6) is 1.17. The number of hydrogen-bond acceptors (Lipinski definition) is 9. The number of pyridine rings is 1. The van der Waals surface area contributed by atoms with E-state index in [1.807, 2.05) is 44.2 Å². The van der Waals surface area contributed by atoms with Gasteiger partial charge in [0, 0.05) is 43.3 Å². The SMILES string of the molecule is COc1ccc2cc1OCC(=O)NCc1ccc(cc1)O[C@H]1CN(Cc3cc4c(nc3OC)CN(C(C)C)C4=O)C[C@@H]1NC2=O. The van der Waals surface area contributed by atoms with Crippen LogP contribution in [0.5, 0.6) is 23.1 Å². The summed E-state index contributed by atoms with van der Waals surface area (Å²) >= 11 is 0. The molecule has 12 heteroatoms. The van der Waals surface area contributed by atoms with Crippen molar-refractivity contribution in [3.05, 3.63) is 76.5 Å². The van der Waals surface area contributed by atoms with E-state index in [-0.39, 0.29) is 48.3 Å². The Balaban J connectivity index is 1.27. The first kappa shape index (κ1) is 30.2. The molecule has 1 fully saturated rings. The molecule has 4 aliphatic heterocycles. The van der Waals surface area contributed by atoms with E-state index in [0.29, 0.717) is 66.9 Å². The van der Waals surface area contributed by atoms with Crippen molar-refractivity contribution in [3.63, 3.8) is 0 Å². The molecule has 2 N–H and O–H groups in total. The van der Waals surface area contributed by atoms with Gasteiger partial charge in [0.25, 0.3) is 17.7 Å². The van der Waals surface area contributed by atoms with Crippen LogP contribution in [0.2, 0.25) is 0 Å². The van der Waals surface area contributed by atoms with Crippen molar-refractivity contribution in [2.75, 3.05) is 33.9 Å². The Morgan fingerprint density at radius 3 is 2.56 bits per heavy atom. The molecule has 0 unspecified atom stereocenters. The van der Waals surface area contributed by atoms with Gasteiger partial charge in [-0.05, 0) is 55.8 Å². The molecule has 0 aliphatic carbocycles. The quantitative estimate of drug-likeness (QED) is 0.445. The highest BCUT2D eigenvalue weighted by molar-refractivity contribution is 5.98. The summed E-state index contributed by atoms with van der Waals surface area (Å²) in [7, 11) is 3.08. The van der Waals surface area contributed by atoms with Crippen molar-refractivity contribution in [1.29, 1.82) is 0 Å². The number of ether oxygens (including phenoxy) is 4. The van der Waals surface area contributed by atoms with E-state index in [1.54, 1.807) is 30.2 Å². The van der Waals surface area contributed by atoms with Crippen LogP contribution in [-0.2, 0) is 24.4 Å². The van der Waals surface area contributed by atoms with Gasteiger partial charge in [-0.3, -0.25) is 19.3 Å². The van der Waals surface area contributed by atoms with E-state index in [9.17, 15) is 14.4 Å². The first-order chi connectivity index (χ1) is 21.7. The van der Waals surface area contributed by atoms with Crippen LogP contribution in [0.15, 0.2) is 48.5 Å². The van der Waals surface area contributed by atoms with Gasteiger partial charge in [-0.15, -0.1) is 0 Å². The molecular formula is C33H37N5O7. The molecule has 7 rings (SSSR count). The van der Waals surface area contributed by atoms with E-state index in [4.69, 9.17) is 23.9 Å². The molecule has 236 valence electrons. The first-order valence-corrected chi connectivity index (χ1v) is 15.0. The fourth-order valence-corrected chi connectivity index (χ4v) is 5.89. The third kappa shape index (κ3) is 6.37. The number of rotatable bonds is 5. The lowest BCUT2D eigenvalue weighted by Crippen LogP contribution is -2.45. The molecule has 3 amide bonds. The van der Waals surface area contributed by atoms with Crippen LogP contribution >= 0.6 is 0 Å². The second-order valence-electron chi connectivity index (χ2n) is 11.7. The lowest BCUT2D eigenvalue weighted by atomic mass is 10.1. The van der Waals surface area contributed by atoms with E-state index in [2.05, 4.69) is 15.5 Å². The maximum Gasteiger partial charge on any atom is 0.258 e. The fourth-order valence-electron chi connectivity index (χ4n) is 5.89. The summed E-state index contributed by atoms with van der Waals surface area (Å²) in [6, 6.07) is 13.9. The van der Waals surface area contributed by atoms with E-state index >= 15 is 0 Å². The highest BCUT2D eigenvalue weighted by Crippen LogP contribution is 2.31. The summed E-state index contributed by atoms with van der Waals surface area (Å²) in [5.41, 5.74) is 3.36. The standard InChI is InChI=1S/C33H37N5O7/c1-19(2)38-16-25-24(33(38)41)11-22(32(36-25)43-4)14-37-15-26-29(17-37)45-23-8-5-20(6-9-23)13-34-30(39)18-44-28-12-21(31(40)35-26)7-10-27(28)42-3/h5-12,19,26,29H,13-18H2,1-4H3,(H,34,39)(H,35,40)/t26-,29-/m0/s1. The number of benzene rings is 2. The van der Waals surface area contributed by atoms with Crippen LogP contribution in [0, 0.1) is 0 Å². The fraction of sp³-hybridized carbons (Fsp3) is 0.394. The van der Waals surface area contributed by atoms with Gasteiger partial charge in [0.1, 0.15) is 11.9 Å². The van der Waals surface area contributed by atoms with Crippen molar-refractivity contribution in [2.45, 2.75) is 51.7 Å². The topological polar surface area (TPSA) is 132 Å². The predicted octanol–water partition coefficient (Wildman–Crippen LogP) is 2.53. The van der Waals surface area contributed by atoms with Crippen molar-refractivity contribution in [3.8, 4) is 23.1 Å². The molecule has 2 atom stereocenters. The predicted molar refractivity (Wildman–Crippen MR) is 164 cm³/mol. The monoisotopic (exact) mass is 615 g/mol. The van der Waals surface area contributed by atoms with Crippen LogP contribution in [0.3, 0.4) is 0 Å². The number of nitrogens with one attached hydrogen (secondary N) is 2.